The van der Waals surface area contributed by atoms with Crippen molar-refractivity contribution in [2.75, 3.05) is 23.7 Å². The number of allylic oxidation sites excluding steroid dienone is 1. The lowest BCUT2D eigenvalue weighted by atomic mass is 9.89. The maximum Gasteiger partial charge on any atom is 0.409 e. The average molecular weight is 591 g/mol. The van der Waals surface area contributed by atoms with Crippen molar-refractivity contribution in [1.82, 2.24) is 14.5 Å². The van der Waals surface area contributed by atoms with Crippen molar-refractivity contribution in [2.24, 2.45) is 0 Å². The number of aromatic nitrogens is 2. The fourth-order valence-corrected chi connectivity index (χ4v) is 7.40. The van der Waals surface area contributed by atoms with Gasteiger partial charge >= 0.3 is 11.9 Å². The van der Waals surface area contributed by atoms with Crippen molar-refractivity contribution in [3.8, 4) is 11.1 Å². The van der Waals surface area contributed by atoms with Crippen LogP contribution in [0.3, 0.4) is 0 Å². The molecule has 0 saturated carbocycles. The number of nitrogens with zero attached hydrogens (tertiary/aromatic N) is 4. The molecule has 3 aliphatic rings. The highest BCUT2D eigenvalue weighted by Crippen LogP contribution is 2.45. The summed E-state index contributed by atoms with van der Waals surface area (Å²) in [6.45, 7) is 2.35. The highest BCUT2D eigenvalue weighted by atomic mass is 32.2. The molecule has 0 radical (unpaired) electrons. The van der Waals surface area contributed by atoms with E-state index in [4.69, 9.17) is 0 Å². The Labute approximate surface area is 234 Å². The molecule has 2 fully saturated rings. The molecular weight excluding hydrogens is 567 g/mol. The predicted molar refractivity (Wildman–Crippen MR) is 143 cm³/mol. The number of thioether (sulfide) groups is 1. The summed E-state index contributed by atoms with van der Waals surface area (Å²) in [6.07, 6.45) is -4.34. The summed E-state index contributed by atoms with van der Waals surface area (Å²) in [6, 6.07) is 3.76. The van der Waals surface area contributed by atoms with Gasteiger partial charge in [0, 0.05) is 77.9 Å². The number of halogens is 5. The Kier molecular flexibility index (Phi) is 6.67. The van der Waals surface area contributed by atoms with Crippen molar-refractivity contribution in [3.63, 3.8) is 0 Å². The molecule has 2 unspecified atom stereocenters. The Bertz CT molecular complexity index is 1680. The number of anilines is 1. The van der Waals surface area contributed by atoms with Gasteiger partial charge in [-0.25, -0.2) is 13.6 Å². The molecule has 1 aromatic heterocycles. The number of Topliss-reactive ketones (excluding diaryl/α,β-unsaturated/α-hetero) is 1. The standard InChI is InChI=1S/C28H23F5N4O3S/c1-14-8-20-24-25(23(14)19-3-2-15(29)9-21(19)30)41-7-6-36(24)27(40)34-26(20)35-12-16-10-18(38)11-17(13-35)37(16)22(39)4-5-28(31,32)33/h2-5,8-9,16-17H,6-7,10-13H2,1H3/b5-4+. The molecule has 0 N–H and O–H groups in total. The molecule has 2 bridgehead atoms. The summed E-state index contributed by atoms with van der Waals surface area (Å²) in [5.74, 6) is -1.47. The molecule has 2 aromatic carbocycles. The second-order valence-corrected chi connectivity index (χ2v) is 11.5. The number of alkyl halides is 3. The van der Waals surface area contributed by atoms with E-state index >= 15 is 0 Å². The molecule has 0 spiro atoms. The van der Waals surface area contributed by atoms with E-state index in [0.29, 0.717) is 51.1 Å². The van der Waals surface area contributed by atoms with Gasteiger partial charge in [-0.05, 0) is 30.7 Å². The number of ketones is 1. The molecule has 13 heteroatoms. The van der Waals surface area contributed by atoms with Gasteiger partial charge in [0.2, 0.25) is 5.91 Å². The Hall–Kier alpha value is -3.74. The van der Waals surface area contributed by atoms with Crippen LogP contribution in [0, 0.1) is 18.6 Å². The lowest BCUT2D eigenvalue weighted by Gasteiger charge is -2.49. The summed E-state index contributed by atoms with van der Waals surface area (Å²) in [5, 5.41) is 0.622. The maximum atomic E-state index is 14.9. The first-order valence-electron chi connectivity index (χ1n) is 12.9. The molecule has 41 heavy (non-hydrogen) atoms. The van der Waals surface area contributed by atoms with Crippen LogP contribution in [-0.4, -0.2) is 63.2 Å². The largest absolute Gasteiger partial charge is 0.409 e. The quantitative estimate of drug-likeness (QED) is 0.328. The highest BCUT2D eigenvalue weighted by molar-refractivity contribution is 7.99. The number of carbonyl (C=O) groups is 2. The van der Waals surface area contributed by atoms with Crippen molar-refractivity contribution in [3.05, 3.63) is 64.1 Å². The summed E-state index contributed by atoms with van der Waals surface area (Å²) < 4.78 is 68.3. The van der Waals surface area contributed by atoms with Gasteiger partial charge in [0.15, 0.2) is 0 Å². The first-order chi connectivity index (χ1) is 19.4. The number of hydrogen-bond acceptors (Lipinski definition) is 6. The summed E-state index contributed by atoms with van der Waals surface area (Å²) in [7, 11) is 0. The minimum atomic E-state index is -4.65. The van der Waals surface area contributed by atoms with E-state index in [1.54, 1.807) is 17.9 Å². The fourth-order valence-electron chi connectivity index (χ4n) is 6.15. The number of piperidine rings is 1. The SMILES string of the molecule is Cc1cc2c(N3CC4CC(=O)CC(C3)N4C(=O)/C=C/C(F)(F)F)nc(=O)n3c2c(c1-c1ccc(F)cc1F)SCC3. The Morgan fingerprint density at radius 1 is 1.10 bits per heavy atom. The number of piperazine rings is 1. The van der Waals surface area contributed by atoms with Crippen molar-refractivity contribution in [2.45, 2.75) is 49.5 Å². The number of hydrogen-bond donors (Lipinski definition) is 0. The molecule has 7 nitrogen and oxygen atoms in total. The lowest BCUT2D eigenvalue weighted by molar-refractivity contribution is -0.139. The molecule has 3 aromatic rings. The Morgan fingerprint density at radius 2 is 1.80 bits per heavy atom. The third-order valence-corrected chi connectivity index (χ3v) is 8.77. The normalized spacial score (nSPS) is 20.8. The average Bonchev–Trinajstić information content (AvgIpc) is 2.88. The van der Waals surface area contributed by atoms with Gasteiger partial charge in [0.25, 0.3) is 0 Å². The molecule has 2 saturated heterocycles. The van der Waals surface area contributed by atoms with E-state index in [0.717, 1.165) is 6.07 Å². The van der Waals surface area contributed by atoms with Gasteiger partial charge in [-0.1, -0.05) is 0 Å². The summed E-state index contributed by atoms with van der Waals surface area (Å²) in [5.41, 5.74) is 1.49. The molecule has 2 atom stereocenters. The van der Waals surface area contributed by atoms with Crippen LogP contribution in [0.15, 0.2) is 46.1 Å². The highest BCUT2D eigenvalue weighted by Gasteiger charge is 2.43. The number of amides is 1. The number of aryl methyl sites for hydroxylation is 2. The van der Waals surface area contributed by atoms with Crippen molar-refractivity contribution >= 4 is 40.2 Å². The van der Waals surface area contributed by atoms with E-state index in [2.05, 4.69) is 4.98 Å². The molecule has 214 valence electrons. The first-order valence-corrected chi connectivity index (χ1v) is 13.9. The van der Waals surface area contributed by atoms with Crippen molar-refractivity contribution < 1.29 is 31.5 Å². The van der Waals surface area contributed by atoms with Gasteiger partial charge in [0.05, 0.1) is 17.6 Å². The molecule has 3 aliphatic heterocycles. The van der Waals surface area contributed by atoms with Crippen LogP contribution in [0.2, 0.25) is 0 Å². The van der Waals surface area contributed by atoms with Gasteiger partial charge < -0.3 is 9.80 Å². The minimum Gasteiger partial charge on any atom is -0.352 e. The number of fused-ring (bicyclic) bond motifs is 2. The van der Waals surface area contributed by atoms with Crippen molar-refractivity contribution in [1.29, 1.82) is 0 Å². The second kappa shape index (κ2) is 9.97. The lowest BCUT2D eigenvalue weighted by Crippen LogP contribution is -2.64. The summed E-state index contributed by atoms with van der Waals surface area (Å²) >= 11 is 1.46. The van der Waals surface area contributed by atoms with Crippen LogP contribution < -0.4 is 10.6 Å². The maximum absolute atomic E-state index is 14.9. The molecule has 4 heterocycles. The van der Waals surface area contributed by atoms with E-state index in [9.17, 15) is 36.3 Å². The molecule has 0 aliphatic carbocycles. The van der Waals surface area contributed by atoms with Gasteiger partial charge in [-0.15, -0.1) is 11.8 Å². The predicted octanol–water partition coefficient (Wildman–Crippen LogP) is 4.62. The summed E-state index contributed by atoms with van der Waals surface area (Å²) in [4.78, 5) is 46.6. The van der Waals surface area contributed by atoms with Gasteiger partial charge in [0.1, 0.15) is 23.2 Å². The Balaban J connectivity index is 1.45. The number of rotatable bonds is 3. The number of benzene rings is 2. The van der Waals surface area contributed by atoms with E-state index in [-0.39, 0.29) is 43.4 Å². The van der Waals surface area contributed by atoms with Crippen LogP contribution in [0.4, 0.5) is 27.8 Å². The number of carbonyl (C=O) groups excluding carboxylic acids is 2. The van der Waals surface area contributed by atoms with Crippen LogP contribution in [0.5, 0.6) is 0 Å². The fraction of sp³-hybridized carbons (Fsp3) is 0.357. The van der Waals surface area contributed by atoms with Crippen LogP contribution in [0.25, 0.3) is 22.0 Å². The molecular formula is C28H23F5N4O3S. The van der Waals surface area contributed by atoms with E-state index in [1.165, 1.54) is 33.4 Å². The van der Waals surface area contributed by atoms with E-state index in [1.807, 2.05) is 0 Å². The second-order valence-electron chi connectivity index (χ2n) is 10.4. The van der Waals surface area contributed by atoms with Crippen LogP contribution in [-0.2, 0) is 16.1 Å². The zero-order valence-electron chi connectivity index (χ0n) is 21.7. The monoisotopic (exact) mass is 590 g/mol. The Morgan fingerprint density at radius 3 is 2.46 bits per heavy atom. The minimum absolute atomic E-state index is 0.0261. The van der Waals surface area contributed by atoms with Gasteiger partial charge in [-0.3, -0.25) is 14.2 Å². The third-order valence-electron chi connectivity index (χ3n) is 7.70. The van der Waals surface area contributed by atoms with Crippen LogP contribution in [0.1, 0.15) is 18.4 Å². The molecule has 6 rings (SSSR count). The zero-order chi connectivity index (χ0) is 29.2. The molecule has 1 amide bonds. The van der Waals surface area contributed by atoms with Gasteiger partial charge in [-0.2, -0.15) is 18.2 Å². The third kappa shape index (κ3) is 4.89. The van der Waals surface area contributed by atoms with E-state index < -0.39 is 41.5 Å². The zero-order valence-corrected chi connectivity index (χ0v) is 22.5. The topological polar surface area (TPSA) is 75.5 Å². The first kappa shape index (κ1) is 27.4. The van der Waals surface area contributed by atoms with Crippen LogP contribution >= 0.6 is 11.8 Å². The smallest absolute Gasteiger partial charge is 0.352 e.